The Morgan fingerprint density at radius 1 is 1.32 bits per heavy atom. The number of carbonyl (C=O) groups excluding carboxylic acids is 1. The molecule has 0 unspecified atom stereocenters. The molecule has 2 rings (SSSR count). The summed E-state index contributed by atoms with van der Waals surface area (Å²) >= 11 is 5.90. The normalized spacial score (nSPS) is 10.2. The zero-order valence-corrected chi connectivity index (χ0v) is 11.3. The Balaban J connectivity index is 1.88. The lowest BCUT2D eigenvalue weighted by molar-refractivity contribution is 0.0949. The summed E-state index contributed by atoms with van der Waals surface area (Å²) in [4.78, 5) is 20.0. The maximum absolute atomic E-state index is 11.8. The highest BCUT2D eigenvalue weighted by atomic mass is 35.5. The third kappa shape index (κ3) is 3.76. The Bertz CT molecular complexity index is 569. The molecule has 19 heavy (non-hydrogen) atoms. The van der Waals surface area contributed by atoms with E-state index in [2.05, 4.69) is 15.3 Å². The molecule has 0 saturated heterocycles. The molecular formula is C14H14ClN3O. The number of hydrogen-bond donors (Lipinski definition) is 1. The van der Waals surface area contributed by atoms with Crippen LogP contribution in [0.3, 0.4) is 0 Å². The molecule has 0 atom stereocenters. The summed E-state index contributed by atoms with van der Waals surface area (Å²) in [6, 6.07) is 7.29. The molecule has 0 bridgehead atoms. The Hall–Kier alpha value is -1.94. The Morgan fingerprint density at radius 2 is 2.16 bits per heavy atom. The molecule has 0 aliphatic carbocycles. The van der Waals surface area contributed by atoms with Gasteiger partial charge in [-0.25, -0.2) is 4.98 Å². The van der Waals surface area contributed by atoms with E-state index in [1.165, 1.54) is 0 Å². The van der Waals surface area contributed by atoms with Gasteiger partial charge >= 0.3 is 0 Å². The number of nitrogens with one attached hydrogen (secondary N) is 1. The van der Waals surface area contributed by atoms with Crippen molar-refractivity contribution in [2.24, 2.45) is 0 Å². The van der Waals surface area contributed by atoms with Gasteiger partial charge in [-0.05, 0) is 37.1 Å². The summed E-state index contributed by atoms with van der Waals surface area (Å²) in [5.74, 6) is -0.259. The lowest BCUT2D eigenvalue weighted by atomic mass is 10.2. The molecule has 0 saturated carbocycles. The van der Waals surface area contributed by atoms with Gasteiger partial charge < -0.3 is 5.32 Å². The number of aryl methyl sites for hydroxylation is 1. The smallest absolute Gasteiger partial charge is 0.271 e. The quantitative estimate of drug-likeness (QED) is 0.932. The minimum atomic E-state index is -0.259. The van der Waals surface area contributed by atoms with Crippen molar-refractivity contribution in [2.75, 3.05) is 6.54 Å². The summed E-state index contributed by atoms with van der Waals surface area (Å²) in [5.41, 5.74) is 2.32. The molecule has 2 aromatic rings. The van der Waals surface area contributed by atoms with Gasteiger partial charge in [0.05, 0.1) is 5.02 Å². The maximum Gasteiger partial charge on any atom is 0.271 e. The van der Waals surface area contributed by atoms with E-state index in [1.54, 1.807) is 18.3 Å². The van der Waals surface area contributed by atoms with Gasteiger partial charge in [0.1, 0.15) is 5.69 Å². The van der Waals surface area contributed by atoms with Crippen LogP contribution >= 0.6 is 11.6 Å². The minimum Gasteiger partial charge on any atom is -0.350 e. The van der Waals surface area contributed by atoms with Crippen LogP contribution < -0.4 is 5.32 Å². The number of pyridine rings is 2. The van der Waals surface area contributed by atoms with Crippen LogP contribution in [0.25, 0.3) is 0 Å². The molecule has 0 radical (unpaired) electrons. The number of aromatic nitrogens is 2. The second kappa shape index (κ2) is 6.29. The van der Waals surface area contributed by atoms with E-state index in [9.17, 15) is 4.79 Å². The molecule has 2 heterocycles. The summed E-state index contributed by atoms with van der Waals surface area (Å²) in [6.45, 7) is 2.46. The van der Waals surface area contributed by atoms with Crippen LogP contribution in [0.15, 0.2) is 36.7 Å². The van der Waals surface area contributed by atoms with Crippen molar-refractivity contribution in [1.82, 2.24) is 15.3 Å². The highest BCUT2D eigenvalue weighted by Crippen LogP contribution is 2.11. The summed E-state index contributed by atoms with van der Waals surface area (Å²) < 4.78 is 0. The molecule has 0 aliphatic rings. The Morgan fingerprint density at radius 3 is 2.84 bits per heavy atom. The second-order valence-corrected chi connectivity index (χ2v) is 4.55. The Kier molecular flexibility index (Phi) is 4.47. The van der Waals surface area contributed by atoms with Crippen LogP contribution in [0.4, 0.5) is 0 Å². The average molecular weight is 276 g/mol. The fourth-order valence-electron chi connectivity index (χ4n) is 1.60. The predicted molar refractivity (Wildman–Crippen MR) is 74.3 cm³/mol. The van der Waals surface area contributed by atoms with E-state index in [0.717, 1.165) is 17.7 Å². The highest BCUT2D eigenvalue weighted by Gasteiger charge is 2.10. The fourth-order valence-corrected chi connectivity index (χ4v) is 1.81. The van der Waals surface area contributed by atoms with Crippen molar-refractivity contribution in [2.45, 2.75) is 13.3 Å². The van der Waals surface area contributed by atoms with E-state index in [0.29, 0.717) is 11.6 Å². The van der Waals surface area contributed by atoms with Crippen LogP contribution in [-0.4, -0.2) is 22.4 Å². The SMILES string of the molecule is Cc1ccc(CCNC(=O)c2ncccc2Cl)cn1. The first-order chi connectivity index (χ1) is 9.16. The largest absolute Gasteiger partial charge is 0.350 e. The molecule has 0 fully saturated rings. The average Bonchev–Trinajstić information content (AvgIpc) is 2.41. The molecule has 5 heteroatoms. The number of rotatable bonds is 4. The topological polar surface area (TPSA) is 54.9 Å². The molecule has 98 valence electrons. The first-order valence-corrected chi connectivity index (χ1v) is 6.35. The van der Waals surface area contributed by atoms with E-state index in [4.69, 9.17) is 11.6 Å². The van der Waals surface area contributed by atoms with Crippen molar-refractivity contribution in [3.63, 3.8) is 0 Å². The summed E-state index contributed by atoms with van der Waals surface area (Å²) in [6.07, 6.45) is 4.09. The lowest BCUT2D eigenvalue weighted by Crippen LogP contribution is -2.26. The molecule has 0 aromatic carbocycles. The van der Waals surface area contributed by atoms with Gasteiger partial charge in [-0.1, -0.05) is 17.7 Å². The second-order valence-electron chi connectivity index (χ2n) is 4.15. The number of nitrogens with zero attached hydrogens (tertiary/aromatic N) is 2. The van der Waals surface area contributed by atoms with E-state index >= 15 is 0 Å². The third-order valence-corrected chi connectivity index (χ3v) is 2.95. The van der Waals surface area contributed by atoms with Crippen LogP contribution in [0.2, 0.25) is 5.02 Å². The van der Waals surface area contributed by atoms with Crippen LogP contribution in [0.1, 0.15) is 21.7 Å². The predicted octanol–water partition coefficient (Wildman–Crippen LogP) is 2.41. The molecule has 0 aliphatic heterocycles. The van der Waals surface area contributed by atoms with Gasteiger partial charge in [-0.3, -0.25) is 9.78 Å². The van der Waals surface area contributed by atoms with E-state index in [-0.39, 0.29) is 11.6 Å². The van der Waals surface area contributed by atoms with E-state index < -0.39 is 0 Å². The van der Waals surface area contributed by atoms with Crippen molar-refractivity contribution < 1.29 is 4.79 Å². The molecule has 4 nitrogen and oxygen atoms in total. The van der Waals surface area contributed by atoms with Crippen molar-refractivity contribution in [3.8, 4) is 0 Å². The van der Waals surface area contributed by atoms with Crippen molar-refractivity contribution in [3.05, 3.63) is 58.6 Å². The molecule has 0 spiro atoms. The zero-order valence-electron chi connectivity index (χ0n) is 10.6. The number of hydrogen-bond acceptors (Lipinski definition) is 3. The number of halogens is 1. The number of amides is 1. The molecule has 1 amide bonds. The van der Waals surface area contributed by atoms with Gasteiger partial charge in [0.2, 0.25) is 0 Å². The third-order valence-electron chi connectivity index (χ3n) is 2.65. The highest BCUT2D eigenvalue weighted by molar-refractivity contribution is 6.33. The van der Waals surface area contributed by atoms with Crippen molar-refractivity contribution in [1.29, 1.82) is 0 Å². The zero-order chi connectivity index (χ0) is 13.7. The monoisotopic (exact) mass is 275 g/mol. The number of carbonyl (C=O) groups is 1. The summed E-state index contributed by atoms with van der Waals surface area (Å²) in [5, 5.41) is 3.15. The van der Waals surface area contributed by atoms with E-state index in [1.807, 2.05) is 25.3 Å². The lowest BCUT2D eigenvalue weighted by Gasteiger charge is -2.06. The summed E-state index contributed by atoms with van der Waals surface area (Å²) in [7, 11) is 0. The Labute approximate surface area is 116 Å². The first kappa shape index (κ1) is 13.5. The van der Waals surface area contributed by atoms with Gasteiger partial charge in [0.25, 0.3) is 5.91 Å². The molecular weight excluding hydrogens is 262 g/mol. The van der Waals surface area contributed by atoms with Crippen LogP contribution in [-0.2, 0) is 6.42 Å². The molecule has 2 aromatic heterocycles. The molecule has 1 N–H and O–H groups in total. The van der Waals surface area contributed by atoms with Crippen molar-refractivity contribution >= 4 is 17.5 Å². The van der Waals surface area contributed by atoms with Crippen LogP contribution in [0, 0.1) is 6.92 Å². The standard InChI is InChI=1S/C14H14ClN3O/c1-10-4-5-11(9-18-10)6-8-17-14(19)13-12(15)3-2-7-16-13/h2-5,7,9H,6,8H2,1H3,(H,17,19). The van der Waals surface area contributed by atoms with Gasteiger partial charge in [-0.15, -0.1) is 0 Å². The van der Waals surface area contributed by atoms with Crippen LogP contribution in [0.5, 0.6) is 0 Å². The van der Waals surface area contributed by atoms with Gasteiger partial charge in [0, 0.05) is 24.6 Å². The fraction of sp³-hybridized carbons (Fsp3) is 0.214. The van der Waals surface area contributed by atoms with Gasteiger partial charge in [0.15, 0.2) is 0 Å². The maximum atomic E-state index is 11.8. The minimum absolute atomic E-state index is 0.256. The first-order valence-electron chi connectivity index (χ1n) is 5.97. The van der Waals surface area contributed by atoms with Gasteiger partial charge in [-0.2, -0.15) is 0 Å².